The first-order chi connectivity index (χ1) is 31.8. The van der Waals surface area contributed by atoms with Crippen LogP contribution >= 0.6 is 0 Å². The van der Waals surface area contributed by atoms with Crippen LogP contribution in [0.2, 0.25) is 0 Å². The maximum Gasteiger partial charge on any atom is 0.0734 e. The van der Waals surface area contributed by atoms with Crippen LogP contribution in [0.1, 0.15) is 44.5 Å². The zero-order chi connectivity index (χ0) is 42.0. The van der Waals surface area contributed by atoms with Crippen molar-refractivity contribution in [2.45, 2.75) is 10.8 Å². The van der Waals surface area contributed by atoms with Crippen LogP contribution in [-0.4, -0.2) is 0 Å². The molecule has 64 heavy (non-hydrogen) atoms. The summed E-state index contributed by atoms with van der Waals surface area (Å²) >= 11 is 0. The number of benzene rings is 10. The fourth-order valence-electron chi connectivity index (χ4n) is 12.3. The Balaban J connectivity index is 1.30. The monoisotopic (exact) mass is 804 g/mol. The third kappa shape index (κ3) is 4.35. The van der Waals surface area contributed by atoms with E-state index in [1.807, 2.05) is 0 Å². The molecule has 0 heterocycles. The van der Waals surface area contributed by atoms with Gasteiger partial charge in [0.2, 0.25) is 0 Å². The molecule has 0 nitrogen and oxygen atoms in total. The van der Waals surface area contributed by atoms with Gasteiger partial charge in [0.1, 0.15) is 0 Å². The summed E-state index contributed by atoms with van der Waals surface area (Å²) in [6.45, 7) is 0. The molecule has 0 aromatic heterocycles. The molecule has 4 aliphatic rings. The van der Waals surface area contributed by atoms with E-state index < -0.39 is 10.8 Å². The largest absolute Gasteiger partial charge is 0.0734 e. The van der Waals surface area contributed by atoms with Crippen LogP contribution < -0.4 is 0 Å². The van der Waals surface area contributed by atoms with Gasteiger partial charge in [0.05, 0.1) is 10.8 Å². The Kier molecular flexibility index (Phi) is 7.18. The summed E-state index contributed by atoms with van der Waals surface area (Å²) in [5.41, 5.74) is 14.8. The summed E-state index contributed by atoms with van der Waals surface area (Å²) in [5.74, 6) is 15.9. The van der Waals surface area contributed by atoms with E-state index in [1.54, 1.807) is 0 Å². The molecule has 0 saturated carbocycles. The second kappa shape index (κ2) is 13.0. The van der Waals surface area contributed by atoms with E-state index >= 15 is 0 Å². The summed E-state index contributed by atoms with van der Waals surface area (Å²) in [6, 6.07) is 80.3. The van der Waals surface area contributed by atoms with Crippen molar-refractivity contribution in [1.82, 2.24) is 0 Å². The van der Waals surface area contributed by atoms with Gasteiger partial charge in [-0.1, -0.05) is 218 Å². The molecule has 0 heteroatoms. The molecule has 0 amide bonds. The predicted molar refractivity (Wildman–Crippen MR) is 265 cm³/mol. The lowest BCUT2D eigenvalue weighted by Crippen LogP contribution is -2.55. The molecular weight excluding hydrogens is 769 g/mol. The van der Waals surface area contributed by atoms with Gasteiger partial charge in [-0.15, -0.1) is 0 Å². The fraction of sp³-hybridized carbons (Fsp3) is 0.0312. The van der Waals surface area contributed by atoms with Crippen molar-refractivity contribution in [1.29, 1.82) is 0 Å². The van der Waals surface area contributed by atoms with Gasteiger partial charge in [0.15, 0.2) is 0 Å². The summed E-state index contributed by atoms with van der Waals surface area (Å²) in [7, 11) is 0. The Hall–Kier alpha value is -8.42. The van der Waals surface area contributed by atoms with Gasteiger partial charge in [0.25, 0.3) is 0 Å². The van der Waals surface area contributed by atoms with E-state index in [2.05, 4.69) is 242 Å². The predicted octanol–water partition coefficient (Wildman–Crippen LogP) is 14.5. The van der Waals surface area contributed by atoms with E-state index in [0.717, 1.165) is 22.3 Å². The molecular formula is C64H36. The third-order valence-electron chi connectivity index (χ3n) is 14.5. The lowest BCUT2D eigenvalue weighted by atomic mass is 9.42. The minimum absolute atomic E-state index is 0.860. The molecule has 14 rings (SSSR count). The maximum atomic E-state index is 4.14. The molecule has 0 fully saturated rings. The first-order valence-electron chi connectivity index (χ1n) is 22.2. The van der Waals surface area contributed by atoms with Crippen molar-refractivity contribution in [3.8, 4) is 23.7 Å². The van der Waals surface area contributed by atoms with E-state index in [0.29, 0.717) is 0 Å². The number of hydrogen-bond acceptors (Lipinski definition) is 0. The Morgan fingerprint density at radius 1 is 0.234 bits per heavy atom. The summed E-state index contributed by atoms with van der Waals surface area (Å²) < 4.78 is 0. The van der Waals surface area contributed by atoms with E-state index in [-0.39, 0.29) is 0 Å². The quantitative estimate of drug-likeness (QED) is 0.121. The summed E-state index contributed by atoms with van der Waals surface area (Å²) in [5, 5.41) is 10.2. The van der Waals surface area contributed by atoms with Crippen LogP contribution in [0, 0.1) is 23.7 Å². The van der Waals surface area contributed by atoms with Crippen molar-refractivity contribution in [2.24, 2.45) is 0 Å². The molecule has 4 aliphatic carbocycles. The van der Waals surface area contributed by atoms with E-state index in [4.69, 9.17) is 0 Å². The standard InChI is InChI=1S/C64H36/c1-5-17-41(18-6-1)33-39-53-61-59(43-21-9-3-10-22-43)60(44-23-11-4-12-24-44)62(61)54(40-34-42-19-7-2-8-20-42)64(51-31-15-27-47-37-38-48-28-16-32-52(64)58(48)57(47)51)63(53)49-29-13-25-45-35-36-46-26-14-30-50(63)56(46)55(45)49/h1-32,35-38H. The zero-order valence-electron chi connectivity index (χ0n) is 34.8. The highest BCUT2D eigenvalue weighted by Gasteiger charge is 2.68. The SMILES string of the molecule is C(#Cc1ccccc1)C1=C2C(=C(C#Cc3ccccc3)C3(c4cccc5ccc6cccc3c6c45)C13c1cccc4ccc5cccc3c5c14)C(c1ccccc1)=C2c1ccccc1. The number of fused-ring (bicyclic) bond motifs is 6. The third-order valence-corrected chi connectivity index (χ3v) is 14.5. The van der Waals surface area contributed by atoms with Gasteiger partial charge in [-0.05, 0) is 112 Å². The lowest BCUT2D eigenvalue weighted by molar-refractivity contribution is 0.431. The second-order valence-electron chi connectivity index (χ2n) is 17.5. The Morgan fingerprint density at radius 2 is 0.531 bits per heavy atom. The number of rotatable bonds is 2. The Labute approximate surface area is 372 Å². The highest BCUT2D eigenvalue weighted by molar-refractivity contribution is 6.25. The Morgan fingerprint density at radius 3 is 0.844 bits per heavy atom. The van der Waals surface area contributed by atoms with Crippen molar-refractivity contribution in [3.63, 3.8) is 0 Å². The number of hydrogen-bond donors (Lipinski definition) is 0. The van der Waals surface area contributed by atoms with Crippen LogP contribution in [-0.2, 0) is 10.8 Å². The molecule has 0 radical (unpaired) electrons. The van der Waals surface area contributed by atoms with E-state index in [9.17, 15) is 0 Å². The second-order valence-corrected chi connectivity index (χ2v) is 17.5. The first kappa shape index (κ1) is 35.2. The van der Waals surface area contributed by atoms with Crippen LogP contribution in [0.25, 0.3) is 54.2 Å². The molecule has 0 unspecified atom stereocenters. The first-order valence-corrected chi connectivity index (χ1v) is 22.2. The van der Waals surface area contributed by atoms with Crippen LogP contribution in [0.15, 0.2) is 241 Å². The molecule has 0 saturated heterocycles. The molecule has 0 aliphatic heterocycles. The average Bonchev–Trinajstić information content (AvgIpc) is 3.83. The van der Waals surface area contributed by atoms with Gasteiger partial charge in [-0.2, -0.15) is 0 Å². The summed E-state index contributed by atoms with van der Waals surface area (Å²) in [6.07, 6.45) is 0. The fourth-order valence-corrected chi connectivity index (χ4v) is 12.3. The zero-order valence-corrected chi connectivity index (χ0v) is 34.8. The summed E-state index contributed by atoms with van der Waals surface area (Å²) in [4.78, 5) is 0. The molecule has 10 aromatic carbocycles. The minimum atomic E-state index is -0.860. The molecule has 0 N–H and O–H groups in total. The van der Waals surface area contributed by atoms with Gasteiger partial charge in [0, 0.05) is 33.4 Å². The van der Waals surface area contributed by atoms with Crippen molar-refractivity contribution in [2.75, 3.05) is 0 Å². The van der Waals surface area contributed by atoms with Crippen molar-refractivity contribution < 1.29 is 0 Å². The molecule has 292 valence electrons. The van der Waals surface area contributed by atoms with Crippen molar-refractivity contribution in [3.05, 3.63) is 285 Å². The van der Waals surface area contributed by atoms with Gasteiger partial charge < -0.3 is 0 Å². The lowest BCUT2D eigenvalue weighted by Gasteiger charge is -2.56. The van der Waals surface area contributed by atoms with E-state index in [1.165, 1.54) is 98.8 Å². The highest BCUT2D eigenvalue weighted by atomic mass is 14.7. The average molecular weight is 805 g/mol. The molecule has 0 atom stereocenters. The minimum Gasteiger partial charge on any atom is -0.0641 e. The van der Waals surface area contributed by atoms with Crippen LogP contribution in [0.3, 0.4) is 0 Å². The number of allylic oxidation sites excluding steroid dienone is 6. The molecule has 10 aromatic rings. The molecule has 2 spiro atoms. The maximum absolute atomic E-state index is 4.14. The van der Waals surface area contributed by atoms with Crippen LogP contribution in [0.5, 0.6) is 0 Å². The highest BCUT2D eigenvalue weighted by Crippen LogP contribution is 2.75. The van der Waals surface area contributed by atoms with Crippen molar-refractivity contribution >= 4 is 54.2 Å². The van der Waals surface area contributed by atoms with Gasteiger partial charge in [-0.25, -0.2) is 0 Å². The Bertz CT molecular complexity index is 3530. The van der Waals surface area contributed by atoms with Gasteiger partial charge in [-0.3, -0.25) is 0 Å². The molecule has 0 bridgehead atoms. The normalized spacial score (nSPS) is 15.6. The van der Waals surface area contributed by atoms with Crippen LogP contribution in [0.4, 0.5) is 0 Å². The topological polar surface area (TPSA) is 0 Å². The smallest absolute Gasteiger partial charge is 0.0641 e. The van der Waals surface area contributed by atoms with Gasteiger partial charge >= 0.3 is 0 Å².